The molecule has 0 aromatic heterocycles. The van der Waals surface area contributed by atoms with Crippen LogP contribution in [0.25, 0.3) is 0 Å². The van der Waals surface area contributed by atoms with Crippen LogP contribution in [-0.2, 0) is 4.79 Å². The fourth-order valence-corrected chi connectivity index (χ4v) is 3.54. The first kappa shape index (κ1) is 13.9. The minimum atomic E-state index is -0.100. The molecule has 1 saturated heterocycles. The molecule has 1 amide bonds. The van der Waals surface area contributed by atoms with Gasteiger partial charge in [-0.3, -0.25) is 4.79 Å². The zero-order chi connectivity index (χ0) is 13.2. The Labute approximate surface area is 111 Å². The van der Waals surface area contributed by atoms with Crippen molar-refractivity contribution in [2.75, 3.05) is 13.1 Å². The van der Waals surface area contributed by atoms with E-state index in [1.165, 1.54) is 6.42 Å². The van der Waals surface area contributed by atoms with Gasteiger partial charge in [-0.05, 0) is 57.0 Å². The number of carbonyl (C=O) groups excluding carboxylic acids is 1. The molecule has 104 valence electrons. The molecule has 1 saturated carbocycles. The average Bonchev–Trinajstić information content (AvgIpc) is 2.71. The number of hydrogen-bond acceptors (Lipinski definition) is 2. The van der Waals surface area contributed by atoms with Crippen molar-refractivity contribution in [1.82, 2.24) is 10.6 Å². The topological polar surface area (TPSA) is 41.1 Å². The van der Waals surface area contributed by atoms with Crippen molar-refractivity contribution in [3.05, 3.63) is 0 Å². The maximum atomic E-state index is 12.6. The second-order valence-electron chi connectivity index (χ2n) is 6.38. The Morgan fingerprint density at radius 1 is 1.28 bits per heavy atom. The molecule has 1 aliphatic carbocycles. The van der Waals surface area contributed by atoms with Gasteiger partial charge in [-0.1, -0.05) is 20.8 Å². The molecule has 3 atom stereocenters. The largest absolute Gasteiger partial charge is 0.353 e. The van der Waals surface area contributed by atoms with Crippen LogP contribution in [0.15, 0.2) is 0 Å². The van der Waals surface area contributed by atoms with E-state index in [4.69, 9.17) is 0 Å². The molecule has 2 fully saturated rings. The van der Waals surface area contributed by atoms with Gasteiger partial charge in [0.25, 0.3) is 0 Å². The number of rotatable bonds is 3. The summed E-state index contributed by atoms with van der Waals surface area (Å²) in [7, 11) is 0. The smallest absolute Gasteiger partial charge is 0.226 e. The van der Waals surface area contributed by atoms with Gasteiger partial charge in [-0.15, -0.1) is 0 Å². The summed E-state index contributed by atoms with van der Waals surface area (Å²) < 4.78 is 0. The van der Waals surface area contributed by atoms with E-state index in [0.29, 0.717) is 17.9 Å². The maximum Gasteiger partial charge on any atom is 0.226 e. The van der Waals surface area contributed by atoms with Crippen LogP contribution >= 0.6 is 0 Å². The van der Waals surface area contributed by atoms with Gasteiger partial charge in [0.05, 0.1) is 5.41 Å². The molecule has 3 unspecified atom stereocenters. The number of hydrogen-bond donors (Lipinski definition) is 2. The number of piperidine rings is 1. The van der Waals surface area contributed by atoms with Crippen molar-refractivity contribution in [3.8, 4) is 0 Å². The normalized spacial score (nSPS) is 35.4. The van der Waals surface area contributed by atoms with E-state index in [9.17, 15) is 4.79 Å². The Bertz CT molecular complexity index is 297. The van der Waals surface area contributed by atoms with Crippen LogP contribution in [0, 0.1) is 17.3 Å². The fourth-order valence-electron chi connectivity index (χ4n) is 3.54. The molecule has 0 spiro atoms. The molecule has 0 aromatic carbocycles. The first-order chi connectivity index (χ1) is 8.59. The van der Waals surface area contributed by atoms with E-state index < -0.39 is 0 Å². The monoisotopic (exact) mass is 252 g/mol. The highest BCUT2D eigenvalue weighted by Crippen LogP contribution is 2.35. The van der Waals surface area contributed by atoms with Crippen LogP contribution in [0.2, 0.25) is 0 Å². The number of nitrogens with one attached hydrogen (secondary N) is 2. The van der Waals surface area contributed by atoms with E-state index in [1.54, 1.807) is 0 Å². The molecule has 0 bridgehead atoms. The lowest BCUT2D eigenvalue weighted by molar-refractivity contribution is -0.133. The fraction of sp³-hybridized carbons (Fsp3) is 0.933. The molecule has 2 aliphatic rings. The lowest BCUT2D eigenvalue weighted by Gasteiger charge is -2.37. The molecule has 2 rings (SSSR count). The summed E-state index contributed by atoms with van der Waals surface area (Å²) in [5.41, 5.74) is -0.100. The molecule has 1 heterocycles. The van der Waals surface area contributed by atoms with E-state index in [0.717, 1.165) is 44.7 Å². The first-order valence-electron chi connectivity index (χ1n) is 7.61. The van der Waals surface area contributed by atoms with Gasteiger partial charge in [0.15, 0.2) is 0 Å². The Balaban J connectivity index is 1.97. The highest BCUT2D eigenvalue weighted by Gasteiger charge is 2.40. The zero-order valence-corrected chi connectivity index (χ0v) is 12.1. The highest BCUT2D eigenvalue weighted by atomic mass is 16.2. The van der Waals surface area contributed by atoms with Crippen LogP contribution in [0.1, 0.15) is 52.9 Å². The zero-order valence-electron chi connectivity index (χ0n) is 12.1. The molecule has 0 aromatic rings. The van der Waals surface area contributed by atoms with Crippen LogP contribution in [0.3, 0.4) is 0 Å². The van der Waals surface area contributed by atoms with Gasteiger partial charge in [-0.25, -0.2) is 0 Å². The van der Waals surface area contributed by atoms with Crippen molar-refractivity contribution in [1.29, 1.82) is 0 Å². The van der Waals surface area contributed by atoms with Gasteiger partial charge in [0.1, 0.15) is 0 Å². The third kappa shape index (κ3) is 2.56. The van der Waals surface area contributed by atoms with Gasteiger partial charge < -0.3 is 10.6 Å². The second kappa shape index (κ2) is 5.60. The van der Waals surface area contributed by atoms with Crippen LogP contribution in [0.4, 0.5) is 0 Å². The van der Waals surface area contributed by atoms with Gasteiger partial charge >= 0.3 is 0 Å². The van der Waals surface area contributed by atoms with Crippen LogP contribution in [-0.4, -0.2) is 25.0 Å². The van der Waals surface area contributed by atoms with Gasteiger partial charge in [-0.2, -0.15) is 0 Å². The van der Waals surface area contributed by atoms with Crippen molar-refractivity contribution in [3.63, 3.8) is 0 Å². The van der Waals surface area contributed by atoms with E-state index in [-0.39, 0.29) is 5.41 Å². The standard InChI is InChI=1S/C15H28N2O/c1-4-15(7-9-16-10-8-15)14(18)17-13-6-5-11(2)12(13)3/h11-13,16H,4-10H2,1-3H3,(H,17,18). The van der Waals surface area contributed by atoms with Gasteiger partial charge in [0.2, 0.25) is 5.91 Å². The predicted octanol–water partition coefficient (Wildman–Crippen LogP) is 2.32. The van der Waals surface area contributed by atoms with E-state index in [2.05, 4.69) is 31.4 Å². The summed E-state index contributed by atoms with van der Waals surface area (Å²) >= 11 is 0. The number of amides is 1. The minimum absolute atomic E-state index is 0.100. The Kier molecular flexibility index (Phi) is 4.31. The summed E-state index contributed by atoms with van der Waals surface area (Å²) in [4.78, 5) is 12.6. The van der Waals surface area contributed by atoms with Crippen molar-refractivity contribution in [2.24, 2.45) is 17.3 Å². The lowest BCUT2D eigenvalue weighted by Crippen LogP contribution is -2.50. The highest BCUT2D eigenvalue weighted by molar-refractivity contribution is 5.83. The van der Waals surface area contributed by atoms with Crippen molar-refractivity contribution >= 4 is 5.91 Å². The van der Waals surface area contributed by atoms with Crippen molar-refractivity contribution in [2.45, 2.75) is 58.9 Å². The van der Waals surface area contributed by atoms with E-state index >= 15 is 0 Å². The second-order valence-corrected chi connectivity index (χ2v) is 6.38. The molecule has 2 N–H and O–H groups in total. The number of carbonyl (C=O) groups is 1. The van der Waals surface area contributed by atoms with Crippen LogP contribution in [0.5, 0.6) is 0 Å². The quantitative estimate of drug-likeness (QED) is 0.809. The summed E-state index contributed by atoms with van der Waals surface area (Å²) in [6, 6.07) is 0.408. The predicted molar refractivity (Wildman–Crippen MR) is 74.3 cm³/mol. The lowest BCUT2D eigenvalue weighted by atomic mass is 9.75. The summed E-state index contributed by atoms with van der Waals surface area (Å²) in [5, 5.41) is 6.71. The maximum absolute atomic E-state index is 12.6. The average molecular weight is 252 g/mol. The molecule has 3 nitrogen and oxygen atoms in total. The summed E-state index contributed by atoms with van der Waals surface area (Å²) in [5.74, 6) is 1.70. The Morgan fingerprint density at radius 2 is 1.94 bits per heavy atom. The summed E-state index contributed by atoms with van der Waals surface area (Å²) in [6.07, 6.45) is 5.37. The molecular formula is C15H28N2O. The molecule has 18 heavy (non-hydrogen) atoms. The van der Waals surface area contributed by atoms with E-state index in [1.807, 2.05) is 0 Å². The third-order valence-corrected chi connectivity index (χ3v) is 5.50. The molecule has 1 aliphatic heterocycles. The SMILES string of the molecule is CCC1(C(=O)NC2CCC(C)C2C)CCNCC1. The van der Waals surface area contributed by atoms with Crippen LogP contribution < -0.4 is 10.6 Å². The van der Waals surface area contributed by atoms with Gasteiger partial charge in [0, 0.05) is 6.04 Å². The van der Waals surface area contributed by atoms with Crippen molar-refractivity contribution < 1.29 is 4.79 Å². The molecule has 3 heteroatoms. The Morgan fingerprint density at radius 3 is 2.44 bits per heavy atom. The molecular weight excluding hydrogens is 224 g/mol. The first-order valence-corrected chi connectivity index (χ1v) is 7.61. The molecule has 0 radical (unpaired) electrons. The third-order valence-electron chi connectivity index (χ3n) is 5.50. The Hall–Kier alpha value is -0.570. The minimum Gasteiger partial charge on any atom is -0.353 e. The summed E-state index contributed by atoms with van der Waals surface area (Å²) in [6.45, 7) is 8.71.